The molecule has 23 heavy (non-hydrogen) atoms. The van der Waals surface area contributed by atoms with Gasteiger partial charge in [0.1, 0.15) is 0 Å². The van der Waals surface area contributed by atoms with Crippen molar-refractivity contribution in [3.63, 3.8) is 0 Å². The van der Waals surface area contributed by atoms with E-state index in [1.165, 1.54) is 4.31 Å². The molecule has 0 fully saturated rings. The first-order valence-electron chi connectivity index (χ1n) is 6.83. The largest absolute Gasteiger partial charge is 0.416 e. The van der Waals surface area contributed by atoms with Crippen molar-refractivity contribution in [2.24, 2.45) is 0 Å². The van der Waals surface area contributed by atoms with Gasteiger partial charge >= 0.3 is 16.4 Å². The third kappa shape index (κ3) is 3.12. The van der Waals surface area contributed by atoms with Gasteiger partial charge < -0.3 is 0 Å². The Bertz CT molecular complexity index is 817. The number of halogens is 3. The second kappa shape index (κ2) is 5.45. The van der Waals surface area contributed by atoms with Crippen LogP contribution in [0.1, 0.15) is 11.1 Å². The summed E-state index contributed by atoms with van der Waals surface area (Å²) in [5, 5.41) is 0. The fourth-order valence-corrected chi connectivity index (χ4v) is 3.80. The SMILES string of the molecule is O=S(=O)(Nc1ccc(C(F)(F)F)cc1)N1CCc2ccccc21. The number of nitrogens with one attached hydrogen (secondary N) is 1. The van der Waals surface area contributed by atoms with Crippen LogP contribution in [0.15, 0.2) is 48.5 Å². The van der Waals surface area contributed by atoms with Crippen LogP contribution < -0.4 is 9.03 Å². The molecule has 1 aliphatic rings. The van der Waals surface area contributed by atoms with Gasteiger partial charge in [0, 0.05) is 6.54 Å². The van der Waals surface area contributed by atoms with Crippen LogP contribution in [0.25, 0.3) is 0 Å². The van der Waals surface area contributed by atoms with Crippen LogP contribution in [0.2, 0.25) is 0 Å². The van der Waals surface area contributed by atoms with E-state index >= 15 is 0 Å². The number of nitrogens with zero attached hydrogens (tertiary/aromatic N) is 1. The maximum Gasteiger partial charge on any atom is 0.416 e. The summed E-state index contributed by atoms with van der Waals surface area (Å²) in [6.07, 6.45) is -3.85. The van der Waals surface area contributed by atoms with E-state index in [4.69, 9.17) is 0 Å². The minimum Gasteiger partial charge on any atom is -0.267 e. The lowest BCUT2D eigenvalue weighted by Crippen LogP contribution is -2.34. The van der Waals surface area contributed by atoms with Crippen LogP contribution in [0, 0.1) is 0 Å². The number of rotatable bonds is 3. The van der Waals surface area contributed by atoms with E-state index in [2.05, 4.69) is 4.72 Å². The van der Waals surface area contributed by atoms with Crippen LogP contribution in [0.4, 0.5) is 24.5 Å². The first-order chi connectivity index (χ1) is 10.8. The lowest BCUT2D eigenvalue weighted by molar-refractivity contribution is -0.137. The summed E-state index contributed by atoms with van der Waals surface area (Å²) in [7, 11) is -3.87. The summed E-state index contributed by atoms with van der Waals surface area (Å²) in [5.74, 6) is 0. The van der Waals surface area contributed by atoms with E-state index in [-0.39, 0.29) is 5.69 Å². The standard InChI is InChI=1S/C15H13F3N2O2S/c16-15(17,18)12-5-7-13(8-6-12)19-23(21,22)20-10-9-11-3-1-2-4-14(11)20/h1-8,19H,9-10H2. The number of fused-ring (bicyclic) bond motifs is 1. The van der Waals surface area contributed by atoms with Crippen molar-refractivity contribution in [2.45, 2.75) is 12.6 Å². The highest BCUT2D eigenvalue weighted by Crippen LogP contribution is 2.32. The summed E-state index contributed by atoms with van der Waals surface area (Å²) < 4.78 is 66.0. The lowest BCUT2D eigenvalue weighted by atomic mass is 10.2. The summed E-state index contributed by atoms with van der Waals surface area (Å²) in [6.45, 7) is 0.301. The third-order valence-corrected chi connectivity index (χ3v) is 5.05. The molecule has 0 amide bonds. The van der Waals surface area contributed by atoms with Crippen molar-refractivity contribution in [3.8, 4) is 0 Å². The molecule has 1 aliphatic heterocycles. The quantitative estimate of drug-likeness (QED) is 0.929. The molecule has 0 atom stereocenters. The topological polar surface area (TPSA) is 49.4 Å². The van der Waals surface area contributed by atoms with Crippen molar-refractivity contribution in [1.29, 1.82) is 0 Å². The first kappa shape index (κ1) is 15.7. The highest BCUT2D eigenvalue weighted by Gasteiger charge is 2.31. The van der Waals surface area contributed by atoms with Crippen LogP contribution in [-0.4, -0.2) is 15.0 Å². The van der Waals surface area contributed by atoms with Gasteiger partial charge in [-0.1, -0.05) is 18.2 Å². The van der Waals surface area contributed by atoms with Gasteiger partial charge in [-0.2, -0.15) is 21.6 Å². The zero-order valence-corrected chi connectivity index (χ0v) is 12.7. The second-order valence-corrected chi connectivity index (χ2v) is 6.73. The highest BCUT2D eigenvalue weighted by molar-refractivity contribution is 7.94. The van der Waals surface area contributed by atoms with E-state index < -0.39 is 21.9 Å². The summed E-state index contributed by atoms with van der Waals surface area (Å²) >= 11 is 0. The number of hydrogen-bond donors (Lipinski definition) is 1. The maximum absolute atomic E-state index is 12.5. The smallest absolute Gasteiger partial charge is 0.267 e. The van der Waals surface area contributed by atoms with E-state index in [1.54, 1.807) is 12.1 Å². The van der Waals surface area contributed by atoms with Gasteiger partial charge in [0.15, 0.2) is 0 Å². The molecule has 122 valence electrons. The van der Waals surface area contributed by atoms with Crippen LogP contribution in [0.3, 0.4) is 0 Å². The van der Waals surface area contributed by atoms with Gasteiger partial charge in [0.25, 0.3) is 0 Å². The van der Waals surface area contributed by atoms with Gasteiger partial charge in [0.05, 0.1) is 16.9 Å². The Hall–Kier alpha value is -2.22. The van der Waals surface area contributed by atoms with Gasteiger partial charge in [-0.05, 0) is 42.3 Å². The zero-order chi connectivity index (χ0) is 16.7. The van der Waals surface area contributed by atoms with Crippen LogP contribution in [-0.2, 0) is 22.8 Å². The molecular formula is C15H13F3N2O2S. The molecule has 2 aromatic carbocycles. The fourth-order valence-electron chi connectivity index (χ4n) is 2.49. The molecule has 2 aromatic rings. The normalized spacial score (nSPS) is 14.7. The minimum absolute atomic E-state index is 0.0855. The molecule has 3 rings (SSSR count). The van der Waals surface area contributed by atoms with Crippen molar-refractivity contribution in [1.82, 2.24) is 0 Å². The van der Waals surface area contributed by atoms with Gasteiger partial charge in [-0.25, -0.2) is 0 Å². The Kier molecular flexibility index (Phi) is 3.71. The number of anilines is 2. The molecule has 1 heterocycles. The molecule has 0 bridgehead atoms. The predicted molar refractivity (Wildman–Crippen MR) is 81.5 cm³/mol. The monoisotopic (exact) mass is 342 g/mol. The van der Waals surface area contributed by atoms with E-state index in [0.29, 0.717) is 18.7 Å². The van der Waals surface area contributed by atoms with Crippen molar-refractivity contribution >= 4 is 21.6 Å². The molecule has 0 saturated carbocycles. The molecule has 0 radical (unpaired) electrons. The average molecular weight is 342 g/mol. The van der Waals surface area contributed by atoms with E-state index in [9.17, 15) is 21.6 Å². The van der Waals surface area contributed by atoms with Gasteiger partial charge in [-0.3, -0.25) is 9.03 Å². The first-order valence-corrected chi connectivity index (χ1v) is 8.27. The molecular weight excluding hydrogens is 329 g/mol. The molecule has 8 heteroatoms. The molecule has 1 N–H and O–H groups in total. The van der Waals surface area contributed by atoms with E-state index in [0.717, 1.165) is 29.8 Å². The predicted octanol–water partition coefficient (Wildman–Crippen LogP) is 3.42. The molecule has 0 spiro atoms. The van der Waals surface area contributed by atoms with Crippen molar-refractivity contribution < 1.29 is 21.6 Å². The number of alkyl halides is 3. The van der Waals surface area contributed by atoms with E-state index in [1.807, 2.05) is 12.1 Å². The second-order valence-electron chi connectivity index (χ2n) is 5.13. The summed E-state index contributed by atoms with van der Waals surface area (Å²) in [5.41, 5.74) is 0.770. The summed E-state index contributed by atoms with van der Waals surface area (Å²) in [6, 6.07) is 11.0. The maximum atomic E-state index is 12.5. The third-order valence-electron chi connectivity index (χ3n) is 3.59. The number of para-hydroxylation sites is 1. The van der Waals surface area contributed by atoms with Gasteiger partial charge in [-0.15, -0.1) is 0 Å². The summed E-state index contributed by atoms with van der Waals surface area (Å²) in [4.78, 5) is 0. The Morgan fingerprint density at radius 2 is 1.65 bits per heavy atom. The van der Waals surface area contributed by atoms with Crippen molar-refractivity contribution in [2.75, 3.05) is 15.6 Å². The highest BCUT2D eigenvalue weighted by atomic mass is 32.2. The Balaban J connectivity index is 1.83. The lowest BCUT2D eigenvalue weighted by Gasteiger charge is -2.20. The molecule has 4 nitrogen and oxygen atoms in total. The molecule has 0 saturated heterocycles. The molecule has 0 aliphatic carbocycles. The Morgan fingerprint density at radius 3 is 2.30 bits per heavy atom. The Morgan fingerprint density at radius 1 is 1.00 bits per heavy atom. The Labute approximate surface area is 131 Å². The molecule has 0 unspecified atom stereocenters. The van der Waals surface area contributed by atoms with Gasteiger partial charge in [0.2, 0.25) is 0 Å². The van der Waals surface area contributed by atoms with Crippen LogP contribution >= 0.6 is 0 Å². The number of benzene rings is 2. The molecule has 0 aromatic heterocycles. The number of hydrogen-bond acceptors (Lipinski definition) is 2. The van der Waals surface area contributed by atoms with Crippen LogP contribution in [0.5, 0.6) is 0 Å². The zero-order valence-electron chi connectivity index (χ0n) is 11.8. The fraction of sp³-hybridized carbons (Fsp3) is 0.200. The van der Waals surface area contributed by atoms with Crippen molar-refractivity contribution in [3.05, 3.63) is 59.7 Å². The average Bonchev–Trinajstić information content (AvgIpc) is 2.91. The minimum atomic E-state index is -4.45.